The van der Waals surface area contributed by atoms with Crippen molar-refractivity contribution in [2.75, 3.05) is 0 Å². The molecule has 0 N–H and O–H groups in total. The van der Waals surface area contributed by atoms with E-state index in [0.717, 1.165) is 11.4 Å². The Hall–Kier alpha value is -6.06. The average Bonchev–Trinajstić information content (AvgIpc) is 3.81. The molecular weight excluding hydrogens is 571 g/mol. The van der Waals surface area contributed by atoms with Crippen LogP contribution in [0.3, 0.4) is 0 Å². The number of hydrogen-bond donors (Lipinski definition) is 0. The van der Waals surface area contributed by atoms with Gasteiger partial charge in [-0.15, -0.1) is 0 Å². The Morgan fingerprint density at radius 3 is 1.38 bits per heavy atom. The van der Waals surface area contributed by atoms with Crippen LogP contribution in [0.25, 0.3) is 82.3 Å². The number of fused-ring (bicyclic) bond motifs is 8. The summed E-state index contributed by atoms with van der Waals surface area (Å²) in [6.45, 7) is 4.00. The van der Waals surface area contributed by atoms with E-state index in [1.165, 1.54) is 71.0 Å². The lowest BCUT2D eigenvalue weighted by Crippen LogP contribution is -1.97. The maximum absolute atomic E-state index is 2.42. The second-order valence-corrected chi connectivity index (χ2v) is 11.9. The van der Waals surface area contributed by atoms with Crippen LogP contribution in [0.5, 0.6) is 0 Å². The van der Waals surface area contributed by atoms with Crippen molar-refractivity contribution in [2.45, 2.75) is 13.8 Å². The van der Waals surface area contributed by atoms with Gasteiger partial charge in [0.1, 0.15) is 0 Å². The summed E-state index contributed by atoms with van der Waals surface area (Å²) in [6, 6.07) is 57.4. The van der Waals surface area contributed by atoms with Gasteiger partial charge in [-0.1, -0.05) is 86.6 Å². The highest BCUT2D eigenvalue weighted by Crippen LogP contribution is 2.37. The van der Waals surface area contributed by atoms with Crippen LogP contribution in [0, 0.1) is 0 Å². The first-order valence-corrected chi connectivity index (χ1v) is 16.4. The van der Waals surface area contributed by atoms with Crippen molar-refractivity contribution in [2.24, 2.45) is 0 Å². The molecule has 0 saturated heterocycles. The van der Waals surface area contributed by atoms with Gasteiger partial charge in [0, 0.05) is 50.2 Å². The molecule has 7 aromatic carbocycles. The molecule has 0 radical (unpaired) electrons. The van der Waals surface area contributed by atoms with Crippen LogP contribution < -0.4 is 0 Å². The molecule has 0 spiro atoms. The lowest BCUT2D eigenvalue weighted by molar-refractivity contribution is 1.13. The third-order valence-electron chi connectivity index (χ3n) is 9.42. The number of hydrogen-bond acceptors (Lipinski definition) is 0. The van der Waals surface area contributed by atoms with Gasteiger partial charge in [0.15, 0.2) is 0 Å². The molecule has 0 aliphatic rings. The predicted octanol–water partition coefficient (Wildman–Crippen LogP) is 12.0. The lowest BCUT2D eigenvalue weighted by Gasteiger charge is -2.12. The fraction of sp³-hybridized carbons (Fsp3) is 0.0455. The van der Waals surface area contributed by atoms with Crippen molar-refractivity contribution in [3.05, 3.63) is 164 Å². The first-order chi connectivity index (χ1) is 23.3. The average molecular weight is 604 g/mol. The Bertz CT molecular complexity index is 2690. The van der Waals surface area contributed by atoms with Gasteiger partial charge < -0.3 is 13.7 Å². The molecule has 3 nitrogen and oxygen atoms in total. The largest absolute Gasteiger partial charge is 0.317 e. The van der Waals surface area contributed by atoms with Crippen LogP contribution in [-0.4, -0.2) is 13.7 Å². The molecule has 0 bridgehead atoms. The van der Waals surface area contributed by atoms with E-state index in [1.807, 2.05) is 13.8 Å². The first-order valence-electron chi connectivity index (χ1n) is 16.4. The number of rotatable bonds is 3. The van der Waals surface area contributed by atoms with Crippen molar-refractivity contribution in [1.82, 2.24) is 13.7 Å². The van der Waals surface area contributed by atoms with Crippen LogP contribution >= 0.6 is 0 Å². The molecule has 3 heteroatoms. The van der Waals surface area contributed by atoms with Gasteiger partial charge in [-0.3, -0.25) is 0 Å². The summed E-state index contributed by atoms with van der Waals surface area (Å²) in [6.07, 6.45) is 2.17. The van der Waals surface area contributed by atoms with Crippen LogP contribution in [0.2, 0.25) is 0 Å². The topological polar surface area (TPSA) is 14.8 Å². The maximum Gasteiger partial charge on any atom is 0.0547 e. The van der Waals surface area contributed by atoms with E-state index in [4.69, 9.17) is 0 Å². The summed E-state index contributed by atoms with van der Waals surface area (Å²) in [7, 11) is 0. The van der Waals surface area contributed by atoms with Gasteiger partial charge in [-0.05, 0) is 95.7 Å². The minimum absolute atomic E-state index is 1.15. The predicted molar refractivity (Wildman–Crippen MR) is 201 cm³/mol. The van der Waals surface area contributed by atoms with E-state index >= 15 is 0 Å². The monoisotopic (exact) mass is 603 g/mol. The third-order valence-corrected chi connectivity index (χ3v) is 9.42. The molecule has 0 amide bonds. The molecule has 0 aliphatic heterocycles. The van der Waals surface area contributed by atoms with Crippen molar-refractivity contribution < 1.29 is 0 Å². The smallest absolute Gasteiger partial charge is 0.0547 e. The molecule has 0 aliphatic carbocycles. The molecular formula is C44H33N3. The SMILES string of the molecule is CC.c1ccc(-n2ccc3cc4cc5c(cc4cc32)c2ccccc2n5-c2ccc(-n3c4ccccc4c4ccccc43)cc2)cc1. The Morgan fingerprint density at radius 1 is 0.319 bits per heavy atom. The number of aromatic nitrogens is 3. The molecule has 47 heavy (non-hydrogen) atoms. The summed E-state index contributed by atoms with van der Waals surface area (Å²) in [5, 5.41) is 8.81. The Morgan fingerprint density at radius 2 is 0.787 bits per heavy atom. The number of para-hydroxylation sites is 4. The van der Waals surface area contributed by atoms with E-state index < -0.39 is 0 Å². The van der Waals surface area contributed by atoms with Crippen molar-refractivity contribution in [3.63, 3.8) is 0 Å². The minimum Gasteiger partial charge on any atom is -0.317 e. The summed E-state index contributed by atoms with van der Waals surface area (Å²) < 4.78 is 7.07. The van der Waals surface area contributed by atoms with E-state index in [-0.39, 0.29) is 0 Å². The zero-order valence-corrected chi connectivity index (χ0v) is 26.4. The van der Waals surface area contributed by atoms with E-state index in [0.29, 0.717) is 0 Å². The minimum atomic E-state index is 1.15. The van der Waals surface area contributed by atoms with Gasteiger partial charge in [-0.2, -0.15) is 0 Å². The fourth-order valence-electron chi connectivity index (χ4n) is 7.39. The number of benzene rings is 7. The van der Waals surface area contributed by atoms with Crippen molar-refractivity contribution in [3.8, 4) is 17.1 Å². The van der Waals surface area contributed by atoms with Gasteiger partial charge in [0.2, 0.25) is 0 Å². The third kappa shape index (κ3) is 4.13. The summed E-state index contributed by atoms with van der Waals surface area (Å²) in [5.74, 6) is 0. The molecule has 0 saturated carbocycles. The van der Waals surface area contributed by atoms with E-state index in [1.54, 1.807) is 0 Å². The molecule has 10 rings (SSSR count). The van der Waals surface area contributed by atoms with Crippen LogP contribution in [0.1, 0.15) is 13.8 Å². The second-order valence-electron chi connectivity index (χ2n) is 11.9. The van der Waals surface area contributed by atoms with Crippen molar-refractivity contribution >= 4 is 65.3 Å². The fourth-order valence-corrected chi connectivity index (χ4v) is 7.39. The van der Waals surface area contributed by atoms with Crippen LogP contribution in [0.4, 0.5) is 0 Å². The first kappa shape index (κ1) is 27.3. The van der Waals surface area contributed by atoms with E-state index in [2.05, 4.69) is 178 Å². The molecule has 224 valence electrons. The summed E-state index contributed by atoms with van der Waals surface area (Å²) >= 11 is 0. The van der Waals surface area contributed by atoms with Gasteiger partial charge in [0.05, 0.1) is 27.6 Å². The maximum atomic E-state index is 2.42. The van der Waals surface area contributed by atoms with Gasteiger partial charge >= 0.3 is 0 Å². The summed E-state index contributed by atoms with van der Waals surface area (Å²) in [4.78, 5) is 0. The zero-order valence-electron chi connectivity index (χ0n) is 26.4. The zero-order chi connectivity index (χ0) is 31.5. The molecule has 0 fully saturated rings. The number of nitrogens with zero attached hydrogens (tertiary/aromatic N) is 3. The highest BCUT2D eigenvalue weighted by molar-refractivity contribution is 6.15. The van der Waals surface area contributed by atoms with Crippen molar-refractivity contribution in [1.29, 1.82) is 0 Å². The standard InChI is InChI=1S/C42H27N3.C2H6/c1-2-10-31(11-3-1)43-23-22-28-24-29-27-42-37(25-30(29)26-41(28)43)36-14-6-9-17-40(36)45(42)33-20-18-32(19-21-33)44-38-15-7-4-12-34(38)35-13-5-8-16-39(35)44;1-2/h1-27H;1-2H3. The molecule has 3 heterocycles. The van der Waals surface area contributed by atoms with E-state index in [9.17, 15) is 0 Å². The Balaban J connectivity index is 0.00000149. The lowest BCUT2D eigenvalue weighted by atomic mass is 10.0. The van der Waals surface area contributed by atoms with Gasteiger partial charge in [-0.25, -0.2) is 0 Å². The van der Waals surface area contributed by atoms with Crippen LogP contribution in [-0.2, 0) is 0 Å². The molecule has 0 atom stereocenters. The highest BCUT2D eigenvalue weighted by Gasteiger charge is 2.16. The van der Waals surface area contributed by atoms with Crippen LogP contribution in [0.15, 0.2) is 164 Å². The molecule has 3 aromatic heterocycles. The second kappa shape index (κ2) is 10.8. The summed E-state index contributed by atoms with van der Waals surface area (Å²) in [5.41, 5.74) is 9.59. The van der Waals surface area contributed by atoms with Gasteiger partial charge in [0.25, 0.3) is 0 Å². The molecule has 10 aromatic rings. The Kier molecular flexibility index (Phi) is 6.26. The molecule has 0 unspecified atom stereocenters. The normalized spacial score (nSPS) is 11.6. The Labute approximate surface area is 273 Å². The quantitative estimate of drug-likeness (QED) is 0.191. The highest BCUT2D eigenvalue weighted by atomic mass is 15.0.